The van der Waals surface area contributed by atoms with Gasteiger partial charge in [-0.3, -0.25) is 9.59 Å². The van der Waals surface area contributed by atoms with Gasteiger partial charge in [0.25, 0.3) is 0 Å². The van der Waals surface area contributed by atoms with Crippen LogP contribution in [0.25, 0.3) is 0 Å². The van der Waals surface area contributed by atoms with Crippen LogP contribution in [0.5, 0.6) is 11.5 Å². The summed E-state index contributed by atoms with van der Waals surface area (Å²) in [6, 6.07) is 14.5. The molecule has 2 atom stereocenters. The molecular formula is C26H31ClN2O4. The average Bonchev–Trinajstić information content (AvgIpc) is 2.85. The van der Waals surface area contributed by atoms with E-state index in [-0.39, 0.29) is 36.9 Å². The van der Waals surface area contributed by atoms with Crippen molar-refractivity contribution in [3.63, 3.8) is 0 Å². The number of amides is 2. The van der Waals surface area contributed by atoms with Crippen molar-refractivity contribution in [2.75, 3.05) is 19.0 Å². The lowest BCUT2D eigenvalue weighted by molar-refractivity contribution is -0.141. The zero-order valence-corrected chi connectivity index (χ0v) is 19.7. The fourth-order valence-electron chi connectivity index (χ4n) is 4.55. The Morgan fingerprint density at radius 1 is 1.06 bits per heavy atom. The predicted molar refractivity (Wildman–Crippen MR) is 128 cm³/mol. The summed E-state index contributed by atoms with van der Waals surface area (Å²) in [5, 5.41) is 3.20. The average molecular weight is 471 g/mol. The van der Waals surface area contributed by atoms with E-state index in [1.165, 1.54) is 11.3 Å². The molecule has 2 aromatic rings. The third-order valence-corrected chi connectivity index (χ3v) is 6.54. The smallest absolute Gasteiger partial charge is 0.247 e. The molecule has 1 N–H and O–H groups in total. The zero-order valence-electron chi connectivity index (χ0n) is 19.0. The summed E-state index contributed by atoms with van der Waals surface area (Å²) < 4.78 is 11.9. The normalized spacial score (nSPS) is 18.9. The van der Waals surface area contributed by atoms with Crippen molar-refractivity contribution in [2.24, 2.45) is 0 Å². The lowest BCUT2D eigenvalue weighted by atomic mass is 9.94. The summed E-state index contributed by atoms with van der Waals surface area (Å²) in [7, 11) is 0. The number of fused-ring (bicyclic) bond motifs is 1. The molecule has 33 heavy (non-hydrogen) atoms. The number of carbonyl (C=O) groups excluding carboxylic acids is 2. The Morgan fingerprint density at radius 3 is 2.45 bits per heavy atom. The van der Waals surface area contributed by atoms with Gasteiger partial charge in [0.05, 0.1) is 6.54 Å². The Morgan fingerprint density at radius 2 is 1.76 bits per heavy atom. The number of benzene rings is 2. The molecule has 0 saturated heterocycles. The molecule has 176 valence electrons. The van der Waals surface area contributed by atoms with E-state index >= 15 is 0 Å². The second-order valence-corrected chi connectivity index (χ2v) is 9.10. The van der Waals surface area contributed by atoms with Gasteiger partial charge in [0.1, 0.15) is 18.5 Å². The van der Waals surface area contributed by atoms with E-state index in [0.717, 1.165) is 36.8 Å². The van der Waals surface area contributed by atoms with Crippen molar-refractivity contribution in [3.05, 3.63) is 59.7 Å². The van der Waals surface area contributed by atoms with Gasteiger partial charge in [0, 0.05) is 6.04 Å². The highest BCUT2D eigenvalue weighted by atomic mass is 35.5. The van der Waals surface area contributed by atoms with Crippen molar-refractivity contribution in [1.82, 2.24) is 10.2 Å². The summed E-state index contributed by atoms with van der Waals surface area (Å²) in [6.45, 7) is 2.47. The Bertz CT molecular complexity index is 959. The fraction of sp³-hybridized carbons (Fsp3) is 0.462. The van der Waals surface area contributed by atoms with Crippen LogP contribution < -0.4 is 14.8 Å². The molecule has 0 spiro atoms. The molecule has 2 amide bonds. The molecule has 0 aromatic heterocycles. The van der Waals surface area contributed by atoms with Crippen LogP contribution in [0.15, 0.2) is 48.5 Å². The van der Waals surface area contributed by atoms with Gasteiger partial charge in [-0.25, -0.2) is 0 Å². The van der Waals surface area contributed by atoms with Crippen LogP contribution >= 0.6 is 11.6 Å². The molecule has 2 aliphatic rings. The maximum Gasteiger partial charge on any atom is 0.247 e. The lowest BCUT2D eigenvalue weighted by Gasteiger charge is -2.36. The minimum atomic E-state index is -0.792. The number of hydrogen-bond acceptors (Lipinski definition) is 4. The molecule has 6 nitrogen and oxygen atoms in total. The molecule has 1 heterocycles. The lowest BCUT2D eigenvalue weighted by Crippen LogP contribution is -2.51. The number of ether oxygens (including phenoxy) is 2. The Balaban J connectivity index is 1.59. The van der Waals surface area contributed by atoms with Gasteiger partial charge < -0.3 is 19.7 Å². The van der Waals surface area contributed by atoms with Crippen molar-refractivity contribution in [1.29, 1.82) is 0 Å². The van der Waals surface area contributed by atoms with E-state index in [2.05, 4.69) is 5.32 Å². The van der Waals surface area contributed by atoms with Crippen LogP contribution in [0.2, 0.25) is 0 Å². The maximum absolute atomic E-state index is 13.6. The number of carbonyl (C=O) groups is 2. The first kappa shape index (κ1) is 23.4. The summed E-state index contributed by atoms with van der Waals surface area (Å²) >= 11 is 6.00. The number of aryl methyl sites for hydroxylation is 1. The second kappa shape index (κ2) is 10.9. The molecule has 0 bridgehead atoms. The standard InChI is InChI=1S/C26H31ClN2O4/c1-18-11-13-19(14-12-18)25(26(31)28-20-7-3-2-4-8-20)29(24(30)15-27)16-21-17-32-22-9-5-6-10-23(22)33-21/h5-6,9-14,20-21,25H,2-4,7-8,15-17H2,1H3,(H,28,31)/t21-,25+/m1/s1. The largest absolute Gasteiger partial charge is 0.486 e. The molecule has 0 radical (unpaired) electrons. The van der Waals surface area contributed by atoms with Crippen LogP contribution in [-0.2, 0) is 9.59 Å². The quantitative estimate of drug-likeness (QED) is 0.609. The van der Waals surface area contributed by atoms with Gasteiger partial charge in [-0.15, -0.1) is 11.6 Å². The van der Waals surface area contributed by atoms with Gasteiger partial charge in [-0.05, 0) is 37.5 Å². The molecular weight excluding hydrogens is 440 g/mol. The zero-order chi connectivity index (χ0) is 23.2. The van der Waals surface area contributed by atoms with E-state index in [0.29, 0.717) is 11.5 Å². The Labute approximate surface area is 200 Å². The topological polar surface area (TPSA) is 67.9 Å². The van der Waals surface area contributed by atoms with Crippen molar-refractivity contribution >= 4 is 23.4 Å². The fourth-order valence-corrected chi connectivity index (χ4v) is 4.70. The molecule has 2 aromatic carbocycles. The first-order chi connectivity index (χ1) is 16.0. The van der Waals surface area contributed by atoms with Crippen LogP contribution in [0, 0.1) is 6.92 Å². The predicted octanol–water partition coefficient (Wildman–Crippen LogP) is 4.39. The van der Waals surface area contributed by atoms with Crippen LogP contribution in [0.3, 0.4) is 0 Å². The molecule has 4 rings (SSSR count). The number of para-hydroxylation sites is 2. The summed E-state index contributed by atoms with van der Waals surface area (Å²) in [4.78, 5) is 28.1. The molecule has 1 fully saturated rings. The highest BCUT2D eigenvalue weighted by molar-refractivity contribution is 6.27. The number of rotatable bonds is 7. The van der Waals surface area contributed by atoms with E-state index in [1.54, 1.807) is 0 Å². The van der Waals surface area contributed by atoms with Gasteiger partial charge in [0.2, 0.25) is 11.8 Å². The SMILES string of the molecule is Cc1ccc([C@@H](C(=O)NC2CCCCC2)N(C[C@@H]2COc3ccccc3O2)C(=O)CCl)cc1. The number of hydrogen-bond donors (Lipinski definition) is 1. The van der Waals surface area contributed by atoms with Crippen LogP contribution in [-0.4, -0.2) is 47.9 Å². The summed E-state index contributed by atoms with van der Waals surface area (Å²) in [6.07, 6.45) is 4.93. The molecule has 1 saturated carbocycles. The van der Waals surface area contributed by atoms with Gasteiger partial charge >= 0.3 is 0 Å². The number of nitrogens with zero attached hydrogens (tertiary/aromatic N) is 1. The van der Waals surface area contributed by atoms with Crippen LogP contribution in [0.4, 0.5) is 0 Å². The van der Waals surface area contributed by atoms with Crippen molar-refractivity contribution in [3.8, 4) is 11.5 Å². The van der Waals surface area contributed by atoms with Crippen molar-refractivity contribution < 1.29 is 19.1 Å². The summed E-state index contributed by atoms with van der Waals surface area (Å²) in [5.41, 5.74) is 1.84. The molecule has 7 heteroatoms. The number of nitrogens with one attached hydrogen (secondary N) is 1. The first-order valence-electron chi connectivity index (χ1n) is 11.7. The first-order valence-corrected chi connectivity index (χ1v) is 12.2. The van der Waals surface area contributed by atoms with Gasteiger partial charge in [0.15, 0.2) is 17.6 Å². The maximum atomic E-state index is 13.6. The van der Waals surface area contributed by atoms with E-state index in [9.17, 15) is 9.59 Å². The van der Waals surface area contributed by atoms with E-state index < -0.39 is 12.1 Å². The van der Waals surface area contributed by atoms with E-state index in [4.69, 9.17) is 21.1 Å². The van der Waals surface area contributed by atoms with Crippen LogP contribution in [0.1, 0.15) is 49.3 Å². The third kappa shape index (κ3) is 5.80. The number of alkyl halides is 1. The number of halogens is 1. The molecule has 1 aliphatic carbocycles. The molecule has 1 aliphatic heterocycles. The Hall–Kier alpha value is -2.73. The van der Waals surface area contributed by atoms with Gasteiger partial charge in [-0.1, -0.05) is 61.2 Å². The monoisotopic (exact) mass is 470 g/mol. The van der Waals surface area contributed by atoms with Crippen molar-refractivity contribution in [2.45, 2.75) is 57.2 Å². The summed E-state index contributed by atoms with van der Waals surface area (Å²) in [5.74, 6) is 0.591. The minimum Gasteiger partial charge on any atom is -0.486 e. The minimum absolute atomic E-state index is 0.133. The Kier molecular flexibility index (Phi) is 7.76. The third-order valence-electron chi connectivity index (χ3n) is 6.31. The second-order valence-electron chi connectivity index (χ2n) is 8.83. The highest BCUT2D eigenvalue weighted by Gasteiger charge is 2.35. The van der Waals surface area contributed by atoms with Gasteiger partial charge in [-0.2, -0.15) is 0 Å². The van der Waals surface area contributed by atoms with E-state index in [1.807, 2.05) is 55.5 Å². The highest BCUT2D eigenvalue weighted by Crippen LogP contribution is 2.32. The molecule has 0 unspecified atom stereocenters.